The van der Waals surface area contributed by atoms with Crippen LogP contribution in [0, 0.1) is 0 Å². The van der Waals surface area contributed by atoms with Crippen LogP contribution in [-0.2, 0) is 13.0 Å². The molecule has 0 spiro atoms. The average molecular weight is 274 g/mol. The Hall–Kier alpha value is -1.88. The number of amides is 1. The van der Waals surface area contributed by atoms with E-state index in [4.69, 9.17) is 4.74 Å². The molecule has 1 amide bonds. The topological polar surface area (TPSA) is 42.4 Å². The number of nitrogens with zero attached hydrogens (tertiary/aromatic N) is 2. The lowest BCUT2D eigenvalue weighted by Crippen LogP contribution is -2.35. The summed E-state index contributed by atoms with van der Waals surface area (Å²) in [6.45, 7) is 1.47. The molecule has 3 rings (SSSR count). The zero-order valence-electron chi connectivity index (χ0n) is 10.6. The van der Waals surface area contributed by atoms with E-state index in [2.05, 4.69) is 16.4 Å². The number of carbonyl (C=O) groups excluding carboxylic acids is 1. The highest BCUT2D eigenvalue weighted by Crippen LogP contribution is 2.25. The Morgan fingerprint density at radius 2 is 2.32 bits per heavy atom. The van der Waals surface area contributed by atoms with Gasteiger partial charge in [-0.05, 0) is 29.5 Å². The Morgan fingerprint density at radius 1 is 1.42 bits per heavy atom. The van der Waals surface area contributed by atoms with Crippen molar-refractivity contribution >= 4 is 17.2 Å². The molecule has 0 saturated carbocycles. The van der Waals surface area contributed by atoms with Gasteiger partial charge in [0.1, 0.15) is 0 Å². The summed E-state index contributed by atoms with van der Waals surface area (Å²) in [7, 11) is 1.56. The highest BCUT2D eigenvalue weighted by Gasteiger charge is 2.22. The van der Waals surface area contributed by atoms with Gasteiger partial charge in [-0.1, -0.05) is 0 Å². The second-order valence-corrected chi connectivity index (χ2v) is 5.44. The van der Waals surface area contributed by atoms with Gasteiger partial charge >= 0.3 is 0 Å². The van der Waals surface area contributed by atoms with Crippen molar-refractivity contribution in [3.05, 3.63) is 45.8 Å². The smallest absolute Gasteiger partial charge is 0.255 e. The van der Waals surface area contributed by atoms with Crippen LogP contribution < -0.4 is 4.74 Å². The molecule has 3 heterocycles. The number of aromatic nitrogens is 1. The second kappa shape index (κ2) is 5.01. The van der Waals surface area contributed by atoms with Gasteiger partial charge in [0.25, 0.3) is 5.91 Å². The van der Waals surface area contributed by atoms with Crippen molar-refractivity contribution < 1.29 is 9.53 Å². The molecule has 0 unspecified atom stereocenters. The standard InChI is InChI=1S/C14H14N2O2S/c1-18-13-3-2-10(8-15-13)14(17)16-6-4-12-11(9-16)5-7-19-12/h2-3,5,7-8H,4,6,9H2,1H3. The van der Waals surface area contributed by atoms with Crippen LogP contribution in [0.3, 0.4) is 0 Å². The number of rotatable bonds is 2. The summed E-state index contributed by atoms with van der Waals surface area (Å²) in [5, 5.41) is 2.09. The highest BCUT2D eigenvalue weighted by molar-refractivity contribution is 7.10. The maximum Gasteiger partial charge on any atom is 0.255 e. The zero-order chi connectivity index (χ0) is 13.2. The number of hydrogen-bond donors (Lipinski definition) is 0. The Kier molecular flexibility index (Phi) is 3.21. The Bertz CT molecular complexity index is 592. The number of ether oxygens (including phenoxy) is 1. The Morgan fingerprint density at radius 3 is 3.05 bits per heavy atom. The predicted molar refractivity (Wildman–Crippen MR) is 73.6 cm³/mol. The molecule has 5 heteroatoms. The first-order chi connectivity index (χ1) is 9.28. The van der Waals surface area contributed by atoms with Crippen LogP contribution in [0.5, 0.6) is 5.88 Å². The first-order valence-electron chi connectivity index (χ1n) is 6.12. The van der Waals surface area contributed by atoms with E-state index in [1.54, 1.807) is 36.8 Å². The summed E-state index contributed by atoms with van der Waals surface area (Å²) < 4.78 is 5.00. The van der Waals surface area contributed by atoms with Crippen molar-refractivity contribution in [2.24, 2.45) is 0 Å². The fourth-order valence-electron chi connectivity index (χ4n) is 2.23. The van der Waals surface area contributed by atoms with Crippen molar-refractivity contribution in [2.45, 2.75) is 13.0 Å². The minimum Gasteiger partial charge on any atom is -0.481 e. The first-order valence-corrected chi connectivity index (χ1v) is 7.00. The molecule has 0 N–H and O–H groups in total. The molecule has 0 atom stereocenters. The van der Waals surface area contributed by atoms with Gasteiger partial charge in [-0.25, -0.2) is 4.98 Å². The molecule has 98 valence electrons. The first kappa shape index (κ1) is 12.2. The van der Waals surface area contributed by atoms with Gasteiger partial charge in [-0.15, -0.1) is 11.3 Å². The molecule has 2 aromatic rings. The van der Waals surface area contributed by atoms with Crippen LogP contribution in [0.25, 0.3) is 0 Å². The van der Waals surface area contributed by atoms with Gasteiger partial charge in [0.05, 0.1) is 12.7 Å². The minimum atomic E-state index is 0.0343. The monoisotopic (exact) mass is 274 g/mol. The van der Waals surface area contributed by atoms with Gasteiger partial charge in [0, 0.05) is 30.2 Å². The molecule has 1 aliphatic heterocycles. The normalized spacial score (nSPS) is 14.1. The largest absolute Gasteiger partial charge is 0.481 e. The Balaban J connectivity index is 1.77. The maximum atomic E-state index is 12.4. The molecule has 2 aromatic heterocycles. The van der Waals surface area contributed by atoms with E-state index in [0.717, 1.165) is 13.0 Å². The van der Waals surface area contributed by atoms with Crippen LogP contribution in [0.15, 0.2) is 29.8 Å². The lowest BCUT2D eigenvalue weighted by molar-refractivity contribution is 0.0735. The fourth-order valence-corrected chi connectivity index (χ4v) is 3.12. The number of fused-ring (bicyclic) bond motifs is 1. The summed E-state index contributed by atoms with van der Waals surface area (Å²) in [6.07, 6.45) is 2.52. The van der Waals surface area contributed by atoms with Crippen molar-refractivity contribution in [2.75, 3.05) is 13.7 Å². The van der Waals surface area contributed by atoms with Crippen LogP contribution in [0.1, 0.15) is 20.8 Å². The summed E-state index contributed by atoms with van der Waals surface area (Å²) in [6, 6.07) is 5.58. The van der Waals surface area contributed by atoms with E-state index in [0.29, 0.717) is 18.0 Å². The van der Waals surface area contributed by atoms with Crippen LogP contribution in [0.2, 0.25) is 0 Å². The van der Waals surface area contributed by atoms with Gasteiger partial charge in [0.15, 0.2) is 0 Å². The number of thiophene rings is 1. The number of pyridine rings is 1. The summed E-state index contributed by atoms with van der Waals surface area (Å²) in [5.41, 5.74) is 1.88. The molecule has 0 aromatic carbocycles. The molecular weight excluding hydrogens is 260 g/mol. The highest BCUT2D eigenvalue weighted by atomic mass is 32.1. The minimum absolute atomic E-state index is 0.0343. The lowest BCUT2D eigenvalue weighted by atomic mass is 10.1. The van der Waals surface area contributed by atoms with Crippen molar-refractivity contribution in [3.63, 3.8) is 0 Å². The molecule has 0 saturated heterocycles. The van der Waals surface area contributed by atoms with Crippen molar-refractivity contribution in [1.82, 2.24) is 9.88 Å². The van der Waals surface area contributed by atoms with E-state index in [1.807, 2.05) is 4.90 Å². The third-order valence-electron chi connectivity index (χ3n) is 3.29. The number of methoxy groups -OCH3 is 1. The summed E-state index contributed by atoms with van der Waals surface area (Å²) >= 11 is 1.77. The Labute approximate surface area is 115 Å². The van der Waals surface area contributed by atoms with E-state index in [1.165, 1.54) is 10.4 Å². The van der Waals surface area contributed by atoms with Crippen LogP contribution in [-0.4, -0.2) is 29.4 Å². The third-order valence-corrected chi connectivity index (χ3v) is 4.31. The number of hydrogen-bond acceptors (Lipinski definition) is 4. The van der Waals surface area contributed by atoms with Gasteiger partial charge in [-0.3, -0.25) is 4.79 Å². The summed E-state index contributed by atoms with van der Waals surface area (Å²) in [4.78, 5) is 19.7. The van der Waals surface area contributed by atoms with Crippen LogP contribution in [0.4, 0.5) is 0 Å². The van der Waals surface area contributed by atoms with Crippen molar-refractivity contribution in [1.29, 1.82) is 0 Å². The zero-order valence-corrected chi connectivity index (χ0v) is 11.4. The maximum absolute atomic E-state index is 12.4. The lowest BCUT2D eigenvalue weighted by Gasteiger charge is -2.27. The van der Waals surface area contributed by atoms with Gasteiger partial charge in [-0.2, -0.15) is 0 Å². The van der Waals surface area contributed by atoms with E-state index in [9.17, 15) is 4.79 Å². The molecule has 0 bridgehead atoms. The molecule has 0 aliphatic carbocycles. The van der Waals surface area contributed by atoms with Gasteiger partial charge in [0.2, 0.25) is 5.88 Å². The second-order valence-electron chi connectivity index (χ2n) is 4.43. The van der Waals surface area contributed by atoms with E-state index >= 15 is 0 Å². The third kappa shape index (κ3) is 2.33. The van der Waals surface area contributed by atoms with Gasteiger partial charge < -0.3 is 9.64 Å². The molecule has 4 nitrogen and oxygen atoms in total. The van der Waals surface area contributed by atoms with Crippen molar-refractivity contribution in [3.8, 4) is 5.88 Å². The van der Waals surface area contributed by atoms with E-state index < -0.39 is 0 Å². The molecule has 0 fully saturated rings. The average Bonchev–Trinajstić information content (AvgIpc) is 2.94. The molecule has 1 aliphatic rings. The SMILES string of the molecule is COc1ccc(C(=O)N2CCc3sccc3C2)cn1. The van der Waals surface area contributed by atoms with E-state index in [-0.39, 0.29) is 5.91 Å². The molecule has 19 heavy (non-hydrogen) atoms. The quantitative estimate of drug-likeness (QED) is 0.844. The number of carbonyl (C=O) groups is 1. The fraction of sp³-hybridized carbons (Fsp3) is 0.286. The molecular formula is C14H14N2O2S. The molecule has 0 radical (unpaired) electrons. The summed E-state index contributed by atoms with van der Waals surface area (Å²) in [5.74, 6) is 0.558. The predicted octanol–water partition coefficient (Wildman–Crippen LogP) is 2.35. The van der Waals surface area contributed by atoms with Crippen LogP contribution >= 0.6 is 11.3 Å².